The van der Waals surface area contributed by atoms with E-state index in [0.717, 1.165) is 23.9 Å². The minimum Gasteiger partial charge on any atom is -0.373 e. The van der Waals surface area contributed by atoms with Gasteiger partial charge >= 0.3 is 0 Å². The molecule has 1 N–H and O–H groups in total. The highest BCUT2D eigenvalue weighted by Gasteiger charge is 2.32. The molecule has 2 unspecified atom stereocenters. The minimum absolute atomic E-state index is 0.374. The van der Waals surface area contributed by atoms with E-state index in [4.69, 9.17) is 4.74 Å². The van der Waals surface area contributed by atoms with Crippen molar-refractivity contribution in [3.63, 3.8) is 0 Å². The van der Waals surface area contributed by atoms with Crippen LogP contribution in [0.15, 0.2) is 18.2 Å². The standard InChI is InChI=1S/C16H26N2O/c1-12-8-14(10-16(2,3)9-12)19-11-13-6-5-7-15(17-4)18-13/h5-7,12,14H,8-11H2,1-4H3,(H,17,18). The van der Waals surface area contributed by atoms with Gasteiger partial charge < -0.3 is 10.1 Å². The maximum atomic E-state index is 6.08. The van der Waals surface area contributed by atoms with Gasteiger partial charge in [0, 0.05) is 7.05 Å². The number of hydrogen-bond acceptors (Lipinski definition) is 3. The van der Waals surface area contributed by atoms with Gasteiger partial charge in [-0.3, -0.25) is 0 Å². The van der Waals surface area contributed by atoms with Gasteiger partial charge in [0.25, 0.3) is 0 Å². The van der Waals surface area contributed by atoms with Crippen molar-refractivity contribution in [3.05, 3.63) is 23.9 Å². The molecule has 0 aliphatic heterocycles. The van der Waals surface area contributed by atoms with Gasteiger partial charge in [0.1, 0.15) is 5.82 Å². The van der Waals surface area contributed by atoms with Crippen LogP contribution in [0.4, 0.5) is 5.82 Å². The molecule has 0 bridgehead atoms. The van der Waals surface area contributed by atoms with Crippen LogP contribution in [0.5, 0.6) is 0 Å². The third-order valence-corrected chi connectivity index (χ3v) is 3.88. The molecule has 0 spiro atoms. The number of rotatable bonds is 4. The van der Waals surface area contributed by atoms with Gasteiger partial charge in [0.15, 0.2) is 0 Å². The lowest BCUT2D eigenvalue weighted by atomic mass is 9.71. The van der Waals surface area contributed by atoms with E-state index in [0.29, 0.717) is 18.1 Å². The summed E-state index contributed by atoms with van der Waals surface area (Å²) in [6.45, 7) is 7.64. The van der Waals surface area contributed by atoms with Crippen LogP contribution >= 0.6 is 0 Å². The second-order valence-corrected chi connectivity index (χ2v) is 6.61. The lowest BCUT2D eigenvalue weighted by Gasteiger charge is -2.38. The number of aromatic nitrogens is 1. The van der Waals surface area contributed by atoms with Gasteiger partial charge in [-0.1, -0.05) is 26.8 Å². The molecule has 106 valence electrons. The summed E-state index contributed by atoms with van der Waals surface area (Å²) < 4.78 is 6.08. The predicted molar refractivity (Wildman–Crippen MR) is 79.2 cm³/mol. The molecule has 1 saturated carbocycles. The number of ether oxygens (including phenoxy) is 1. The summed E-state index contributed by atoms with van der Waals surface area (Å²) in [6, 6.07) is 6.01. The largest absolute Gasteiger partial charge is 0.373 e. The quantitative estimate of drug-likeness (QED) is 0.894. The Kier molecular flexibility index (Phi) is 4.46. The first-order valence-electron chi connectivity index (χ1n) is 7.24. The van der Waals surface area contributed by atoms with E-state index in [1.807, 2.05) is 25.2 Å². The van der Waals surface area contributed by atoms with Gasteiger partial charge in [-0.25, -0.2) is 4.98 Å². The molecular formula is C16H26N2O. The fourth-order valence-corrected chi connectivity index (χ4v) is 3.29. The highest BCUT2D eigenvalue weighted by molar-refractivity contribution is 5.34. The van der Waals surface area contributed by atoms with Gasteiger partial charge in [0.2, 0.25) is 0 Å². The highest BCUT2D eigenvalue weighted by Crippen LogP contribution is 2.39. The molecule has 19 heavy (non-hydrogen) atoms. The molecule has 1 aromatic heterocycles. The second kappa shape index (κ2) is 5.91. The number of nitrogens with one attached hydrogen (secondary N) is 1. The Morgan fingerprint density at radius 2 is 2.16 bits per heavy atom. The average molecular weight is 262 g/mol. The van der Waals surface area contributed by atoms with Crippen LogP contribution in [-0.4, -0.2) is 18.1 Å². The molecule has 2 rings (SSSR count). The fourth-order valence-electron chi connectivity index (χ4n) is 3.29. The zero-order valence-corrected chi connectivity index (χ0v) is 12.6. The topological polar surface area (TPSA) is 34.1 Å². The predicted octanol–water partition coefficient (Wildman–Crippen LogP) is 3.85. The molecule has 1 aliphatic carbocycles. The third kappa shape index (κ3) is 4.20. The SMILES string of the molecule is CNc1cccc(COC2CC(C)CC(C)(C)C2)n1. The third-order valence-electron chi connectivity index (χ3n) is 3.88. The Bertz CT molecular complexity index is 417. The Morgan fingerprint density at radius 1 is 1.37 bits per heavy atom. The van der Waals surface area contributed by atoms with Crippen molar-refractivity contribution in [2.24, 2.45) is 11.3 Å². The van der Waals surface area contributed by atoms with Crippen molar-refractivity contribution in [3.8, 4) is 0 Å². The average Bonchev–Trinajstić information content (AvgIpc) is 2.34. The van der Waals surface area contributed by atoms with Crippen LogP contribution in [0.3, 0.4) is 0 Å². The van der Waals surface area contributed by atoms with Crippen molar-refractivity contribution < 1.29 is 4.74 Å². The molecule has 2 atom stereocenters. The van der Waals surface area contributed by atoms with Gasteiger partial charge in [-0.2, -0.15) is 0 Å². The van der Waals surface area contributed by atoms with Gasteiger partial charge in [0.05, 0.1) is 18.4 Å². The first-order chi connectivity index (χ1) is 8.98. The van der Waals surface area contributed by atoms with E-state index in [-0.39, 0.29) is 0 Å². The Hall–Kier alpha value is -1.09. The first-order valence-corrected chi connectivity index (χ1v) is 7.24. The smallest absolute Gasteiger partial charge is 0.126 e. The van der Waals surface area contributed by atoms with Crippen LogP contribution in [-0.2, 0) is 11.3 Å². The molecule has 0 radical (unpaired) electrons. The molecule has 1 aromatic rings. The van der Waals surface area contributed by atoms with E-state index < -0.39 is 0 Å². The lowest BCUT2D eigenvalue weighted by molar-refractivity contribution is -0.0326. The summed E-state index contributed by atoms with van der Waals surface area (Å²) in [6.07, 6.45) is 4.01. The van der Waals surface area contributed by atoms with Crippen molar-refractivity contribution in [1.29, 1.82) is 0 Å². The highest BCUT2D eigenvalue weighted by atomic mass is 16.5. The summed E-state index contributed by atoms with van der Waals surface area (Å²) in [7, 11) is 1.89. The monoisotopic (exact) mass is 262 g/mol. The number of hydrogen-bond donors (Lipinski definition) is 1. The minimum atomic E-state index is 0.374. The maximum absolute atomic E-state index is 6.08. The van der Waals surface area contributed by atoms with E-state index >= 15 is 0 Å². The number of pyridine rings is 1. The molecule has 0 aromatic carbocycles. The van der Waals surface area contributed by atoms with Crippen molar-refractivity contribution in [1.82, 2.24) is 4.98 Å². The van der Waals surface area contributed by atoms with Crippen LogP contribution in [0.2, 0.25) is 0 Å². The van der Waals surface area contributed by atoms with Crippen LogP contribution in [0, 0.1) is 11.3 Å². The maximum Gasteiger partial charge on any atom is 0.126 e. The molecular weight excluding hydrogens is 236 g/mol. The lowest BCUT2D eigenvalue weighted by Crippen LogP contribution is -2.32. The normalized spacial score (nSPS) is 26.1. The zero-order valence-electron chi connectivity index (χ0n) is 12.6. The fraction of sp³-hybridized carbons (Fsp3) is 0.688. The molecule has 3 heteroatoms. The van der Waals surface area contributed by atoms with E-state index in [9.17, 15) is 0 Å². The summed E-state index contributed by atoms with van der Waals surface area (Å²) in [4.78, 5) is 4.49. The first kappa shape index (κ1) is 14.3. The van der Waals surface area contributed by atoms with Crippen molar-refractivity contribution in [2.75, 3.05) is 12.4 Å². The summed E-state index contributed by atoms with van der Waals surface area (Å²) >= 11 is 0. The van der Waals surface area contributed by atoms with E-state index in [1.165, 1.54) is 12.8 Å². The van der Waals surface area contributed by atoms with Gasteiger partial charge in [-0.05, 0) is 42.7 Å². The molecule has 1 heterocycles. The van der Waals surface area contributed by atoms with Crippen LogP contribution in [0.25, 0.3) is 0 Å². The van der Waals surface area contributed by atoms with Gasteiger partial charge in [-0.15, -0.1) is 0 Å². The van der Waals surface area contributed by atoms with Crippen LogP contribution < -0.4 is 5.32 Å². The Morgan fingerprint density at radius 3 is 2.84 bits per heavy atom. The Labute approximate surface area is 116 Å². The van der Waals surface area contributed by atoms with E-state index in [1.54, 1.807) is 0 Å². The Balaban J connectivity index is 1.91. The molecule has 0 saturated heterocycles. The van der Waals surface area contributed by atoms with Crippen molar-refractivity contribution in [2.45, 2.75) is 52.7 Å². The molecule has 1 aliphatic rings. The van der Waals surface area contributed by atoms with E-state index in [2.05, 4.69) is 31.1 Å². The summed E-state index contributed by atoms with van der Waals surface area (Å²) in [5.74, 6) is 1.66. The zero-order chi connectivity index (χ0) is 13.9. The van der Waals surface area contributed by atoms with Crippen molar-refractivity contribution >= 4 is 5.82 Å². The van der Waals surface area contributed by atoms with Crippen LogP contribution in [0.1, 0.15) is 45.7 Å². The molecule has 3 nitrogen and oxygen atoms in total. The molecule has 1 fully saturated rings. The summed E-state index contributed by atoms with van der Waals surface area (Å²) in [5, 5.41) is 3.06. The number of nitrogens with zero attached hydrogens (tertiary/aromatic N) is 1. The second-order valence-electron chi connectivity index (χ2n) is 6.61. The number of anilines is 1. The molecule has 0 amide bonds. The summed E-state index contributed by atoms with van der Waals surface area (Å²) in [5.41, 5.74) is 1.41.